The molecule has 0 saturated heterocycles. The Morgan fingerprint density at radius 3 is 2.73 bits per heavy atom. The Hall–Kier alpha value is -3.47. The van der Waals surface area contributed by atoms with Crippen molar-refractivity contribution in [2.45, 2.75) is 10.9 Å². The van der Waals surface area contributed by atoms with Crippen LogP contribution >= 0.6 is 11.8 Å². The summed E-state index contributed by atoms with van der Waals surface area (Å²) in [5.74, 6) is 1.37. The van der Waals surface area contributed by atoms with Gasteiger partial charge in [0.1, 0.15) is 29.8 Å². The lowest BCUT2D eigenvalue weighted by Gasteiger charge is -2.12. The maximum Gasteiger partial charge on any atom is 0.262 e. The Bertz CT molecular complexity index is 1080. The number of methoxy groups -OCH3 is 2. The lowest BCUT2D eigenvalue weighted by molar-refractivity contribution is -0.118. The topological polar surface area (TPSA) is 118 Å². The highest BCUT2D eigenvalue weighted by Gasteiger charge is 2.12. The average molecular weight is 432 g/mol. The van der Waals surface area contributed by atoms with E-state index in [1.54, 1.807) is 29.1 Å². The van der Waals surface area contributed by atoms with Crippen LogP contribution in [0.3, 0.4) is 0 Å². The number of carbonyl (C=O) groups excluding carboxylic acids is 1. The molecule has 30 heavy (non-hydrogen) atoms. The van der Waals surface area contributed by atoms with E-state index in [0.717, 1.165) is 0 Å². The molecular formula is C19H20N4O6S. The third kappa shape index (κ3) is 5.32. The van der Waals surface area contributed by atoms with E-state index in [4.69, 9.17) is 18.6 Å². The number of thioether (sulfide) groups is 1. The molecule has 158 valence electrons. The lowest BCUT2D eigenvalue weighted by atomic mass is 10.2. The van der Waals surface area contributed by atoms with Crippen LogP contribution in [0.2, 0.25) is 0 Å². The Morgan fingerprint density at radius 2 is 2.07 bits per heavy atom. The second-order valence-corrected chi connectivity index (χ2v) is 6.93. The van der Waals surface area contributed by atoms with Crippen molar-refractivity contribution in [1.29, 1.82) is 0 Å². The molecule has 10 nitrogen and oxygen atoms in total. The van der Waals surface area contributed by atoms with Crippen molar-refractivity contribution in [3.8, 4) is 17.2 Å². The average Bonchev–Trinajstić information content (AvgIpc) is 3.16. The molecule has 3 rings (SSSR count). The first-order valence-electron chi connectivity index (χ1n) is 8.73. The van der Waals surface area contributed by atoms with E-state index in [-0.39, 0.29) is 17.8 Å². The first kappa shape index (κ1) is 21.2. The van der Waals surface area contributed by atoms with Crippen LogP contribution in [0.5, 0.6) is 17.2 Å². The van der Waals surface area contributed by atoms with E-state index in [0.29, 0.717) is 33.9 Å². The summed E-state index contributed by atoms with van der Waals surface area (Å²) in [5.41, 5.74) is 0.0692. The van der Waals surface area contributed by atoms with Crippen molar-refractivity contribution in [3.05, 3.63) is 52.8 Å². The Kier molecular flexibility index (Phi) is 6.96. The van der Waals surface area contributed by atoms with Crippen LogP contribution in [0.1, 0.15) is 5.76 Å². The van der Waals surface area contributed by atoms with Gasteiger partial charge in [0.25, 0.3) is 5.91 Å². The fraction of sp³-hybridized carbons (Fsp3) is 0.263. The summed E-state index contributed by atoms with van der Waals surface area (Å²) >= 11 is 1.38. The lowest BCUT2D eigenvalue weighted by Crippen LogP contribution is -2.22. The minimum absolute atomic E-state index is 0.0562. The summed E-state index contributed by atoms with van der Waals surface area (Å²) in [4.78, 5) is 24.4. The van der Waals surface area contributed by atoms with Crippen LogP contribution in [0, 0.1) is 0 Å². The fourth-order valence-corrected chi connectivity index (χ4v) is 3.17. The van der Waals surface area contributed by atoms with Crippen LogP contribution in [-0.2, 0) is 17.6 Å². The molecule has 0 aliphatic heterocycles. The number of rotatable bonds is 9. The summed E-state index contributed by atoms with van der Waals surface area (Å²) in [6, 6.07) is 6.30. The van der Waals surface area contributed by atoms with Crippen molar-refractivity contribution in [2.75, 3.05) is 26.1 Å². The number of anilines is 1. The molecule has 1 amide bonds. The van der Waals surface area contributed by atoms with E-state index in [9.17, 15) is 9.59 Å². The minimum Gasteiger partial charge on any atom is -0.497 e. The molecule has 0 bridgehead atoms. The Morgan fingerprint density at radius 1 is 1.23 bits per heavy atom. The molecule has 2 heterocycles. The maximum absolute atomic E-state index is 12.2. The molecule has 3 aromatic rings. The monoisotopic (exact) mass is 432 g/mol. The standard InChI is InChI=1S/C19H20N4O6S/c1-23-11-20-22-19(23)30-10-13-6-15(24)17(8-28-13)29-9-18(25)21-14-5-4-12(26-2)7-16(14)27-3/h4-8,11H,9-10H2,1-3H3,(H,21,25). The Labute approximate surface area is 176 Å². The fourth-order valence-electron chi connectivity index (χ4n) is 2.39. The summed E-state index contributed by atoms with van der Waals surface area (Å²) in [6.45, 7) is -0.368. The van der Waals surface area contributed by atoms with Crippen molar-refractivity contribution in [1.82, 2.24) is 14.8 Å². The second-order valence-electron chi connectivity index (χ2n) is 5.99. The van der Waals surface area contributed by atoms with Gasteiger partial charge < -0.3 is 28.5 Å². The van der Waals surface area contributed by atoms with Crippen molar-refractivity contribution in [2.24, 2.45) is 7.05 Å². The smallest absolute Gasteiger partial charge is 0.262 e. The van der Waals surface area contributed by atoms with Crippen LogP contribution in [-0.4, -0.2) is 41.5 Å². The van der Waals surface area contributed by atoms with Gasteiger partial charge in [0.05, 0.1) is 25.7 Å². The van der Waals surface area contributed by atoms with E-state index in [1.165, 1.54) is 38.3 Å². The number of hydrogen-bond acceptors (Lipinski definition) is 9. The SMILES string of the molecule is COc1ccc(NC(=O)COc2coc(CSc3nncn3C)cc2=O)c(OC)c1. The normalized spacial score (nSPS) is 10.5. The molecule has 0 aliphatic carbocycles. The van der Waals surface area contributed by atoms with Crippen LogP contribution in [0.25, 0.3) is 0 Å². The Balaban J connectivity index is 1.56. The first-order chi connectivity index (χ1) is 14.5. The molecule has 0 spiro atoms. The predicted molar refractivity (Wildman–Crippen MR) is 109 cm³/mol. The third-order valence-electron chi connectivity index (χ3n) is 3.91. The van der Waals surface area contributed by atoms with Crippen LogP contribution in [0.15, 0.2) is 51.2 Å². The number of aryl methyl sites for hydroxylation is 1. The number of hydrogen-bond donors (Lipinski definition) is 1. The molecule has 1 aromatic carbocycles. The number of nitrogens with zero attached hydrogens (tertiary/aromatic N) is 3. The van der Waals surface area contributed by atoms with E-state index in [2.05, 4.69) is 15.5 Å². The molecule has 0 atom stereocenters. The van der Waals surface area contributed by atoms with Gasteiger partial charge in [0, 0.05) is 19.2 Å². The predicted octanol–water partition coefficient (Wildman–Crippen LogP) is 2.10. The van der Waals surface area contributed by atoms with Gasteiger partial charge in [-0.3, -0.25) is 9.59 Å². The highest BCUT2D eigenvalue weighted by atomic mass is 32.2. The molecule has 11 heteroatoms. The summed E-state index contributed by atoms with van der Waals surface area (Å²) in [7, 11) is 4.84. The quantitative estimate of drug-likeness (QED) is 0.507. The van der Waals surface area contributed by atoms with E-state index < -0.39 is 5.91 Å². The number of carbonyl (C=O) groups is 1. The number of aromatic nitrogens is 3. The largest absolute Gasteiger partial charge is 0.497 e. The molecule has 2 aromatic heterocycles. The van der Waals surface area contributed by atoms with Gasteiger partial charge in [-0.15, -0.1) is 10.2 Å². The molecule has 0 radical (unpaired) electrons. The number of ether oxygens (including phenoxy) is 3. The van der Waals surface area contributed by atoms with E-state index >= 15 is 0 Å². The molecular weight excluding hydrogens is 412 g/mol. The van der Waals surface area contributed by atoms with Gasteiger partial charge in [-0.1, -0.05) is 11.8 Å². The molecule has 0 aliphatic rings. The second kappa shape index (κ2) is 9.83. The number of amides is 1. The zero-order valence-electron chi connectivity index (χ0n) is 16.6. The molecule has 0 unspecified atom stereocenters. The summed E-state index contributed by atoms with van der Waals surface area (Å²) < 4.78 is 22.8. The van der Waals surface area contributed by atoms with Gasteiger partial charge in [-0.2, -0.15) is 0 Å². The van der Waals surface area contributed by atoms with Gasteiger partial charge in [-0.05, 0) is 12.1 Å². The van der Waals surface area contributed by atoms with Gasteiger partial charge >= 0.3 is 0 Å². The maximum atomic E-state index is 12.2. The van der Waals surface area contributed by atoms with Gasteiger partial charge in [0.2, 0.25) is 11.2 Å². The van der Waals surface area contributed by atoms with Crippen LogP contribution < -0.4 is 25.0 Å². The van der Waals surface area contributed by atoms with E-state index in [1.807, 2.05) is 7.05 Å². The molecule has 0 fully saturated rings. The zero-order chi connectivity index (χ0) is 21.5. The summed E-state index contributed by atoms with van der Waals surface area (Å²) in [6.07, 6.45) is 2.78. The van der Waals surface area contributed by atoms with Gasteiger partial charge in [0.15, 0.2) is 11.8 Å². The highest BCUT2D eigenvalue weighted by molar-refractivity contribution is 7.98. The highest BCUT2D eigenvalue weighted by Crippen LogP contribution is 2.29. The first-order valence-corrected chi connectivity index (χ1v) is 9.72. The minimum atomic E-state index is -0.459. The van der Waals surface area contributed by atoms with Gasteiger partial charge in [-0.25, -0.2) is 0 Å². The zero-order valence-corrected chi connectivity index (χ0v) is 17.4. The summed E-state index contributed by atoms with van der Waals surface area (Å²) in [5, 5.41) is 11.1. The molecule has 0 saturated carbocycles. The van der Waals surface area contributed by atoms with Crippen LogP contribution in [0.4, 0.5) is 5.69 Å². The third-order valence-corrected chi connectivity index (χ3v) is 4.96. The molecule has 1 N–H and O–H groups in total. The number of nitrogens with one attached hydrogen (secondary N) is 1. The number of benzene rings is 1. The van der Waals surface area contributed by atoms with Crippen molar-refractivity contribution < 1.29 is 23.4 Å². The van der Waals surface area contributed by atoms with Crippen molar-refractivity contribution >= 4 is 23.4 Å². The van der Waals surface area contributed by atoms with Crippen molar-refractivity contribution in [3.63, 3.8) is 0 Å².